The van der Waals surface area contributed by atoms with E-state index < -0.39 is 12.6 Å². The Labute approximate surface area is 223 Å². The molecule has 0 amide bonds. The zero-order valence-electron chi connectivity index (χ0n) is 21.5. The fourth-order valence-corrected chi connectivity index (χ4v) is 4.24. The third-order valence-electron chi connectivity index (χ3n) is 6.43. The van der Waals surface area contributed by atoms with Crippen molar-refractivity contribution in [2.24, 2.45) is 0 Å². The van der Waals surface area contributed by atoms with E-state index in [0.717, 1.165) is 35.1 Å². The number of phenols is 1. The summed E-state index contributed by atoms with van der Waals surface area (Å²) in [6.07, 6.45) is 4.51. The average molecular weight is 509 g/mol. The lowest BCUT2D eigenvalue weighted by atomic mass is 9.91. The second kappa shape index (κ2) is 12.7. The molecule has 0 aliphatic rings. The molecule has 0 unspecified atom stereocenters. The van der Waals surface area contributed by atoms with Gasteiger partial charge in [-0.2, -0.15) is 0 Å². The number of aliphatic hydroxyl groups is 1. The molecule has 194 valence electrons. The predicted octanol–water partition coefficient (Wildman–Crippen LogP) is 7.51. The SMILES string of the molecule is C=C(CO)C(=O)OOc1ccc(-c2ccc(-c3ccc(-c4ccc(O)cc4)c(CCCCC)c3)cc2)cc1. The smallest absolute Gasteiger partial charge is 0.383 e. The maximum absolute atomic E-state index is 11.6. The second-order valence-corrected chi connectivity index (χ2v) is 9.19. The molecule has 38 heavy (non-hydrogen) atoms. The lowest BCUT2D eigenvalue weighted by molar-refractivity contribution is -0.209. The van der Waals surface area contributed by atoms with Gasteiger partial charge in [0.05, 0.1) is 12.2 Å². The number of hydrogen-bond acceptors (Lipinski definition) is 5. The molecular formula is C33H32O5. The Morgan fingerprint density at radius 3 is 1.92 bits per heavy atom. The van der Waals surface area contributed by atoms with E-state index in [4.69, 9.17) is 9.99 Å². The number of aromatic hydroxyl groups is 1. The van der Waals surface area contributed by atoms with Crippen LogP contribution in [-0.4, -0.2) is 22.8 Å². The molecule has 0 saturated heterocycles. The van der Waals surface area contributed by atoms with E-state index in [1.165, 1.54) is 29.5 Å². The summed E-state index contributed by atoms with van der Waals surface area (Å²) < 4.78 is 0. The summed E-state index contributed by atoms with van der Waals surface area (Å²) in [5, 5.41) is 18.6. The number of benzene rings is 4. The second-order valence-electron chi connectivity index (χ2n) is 9.19. The first-order valence-corrected chi connectivity index (χ1v) is 12.8. The minimum Gasteiger partial charge on any atom is -0.508 e. The maximum atomic E-state index is 11.6. The normalized spacial score (nSPS) is 10.7. The Balaban J connectivity index is 1.50. The molecule has 5 heteroatoms. The van der Waals surface area contributed by atoms with Crippen LogP contribution in [0.5, 0.6) is 11.5 Å². The van der Waals surface area contributed by atoms with E-state index in [2.05, 4.69) is 60.9 Å². The number of aryl methyl sites for hydroxylation is 1. The van der Waals surface area contributed by atoms with Crippen molar-refractivity contribution in [2.75, 3.05) is 6.61 Å². The molecule has 0 saturated carbocycles. The van der Waals surface area contributed by atoms with Crippen molar-refractivity contribution >= 4 is 5.97 Å². The summed E-state index contributed by atoms with van der Waals surface area (Å²) in [5.74, 6) is -0.168. The largest absolute Gasteiger partial charge is 0.508 e. The molecule has 0 radical (unpaired) electrons. The number of rotatable bonds is 11. The molecule has 0 atom stereocenters. The van der Waals surface area contributed by atoms with Crippen LogP contribution in [0.1, 0.15) is 31.7 Å². The molecule has 5 nitrogen and oxygen atoms in total. The lowest BCUT2D eigenvalue weighted by Gasteiger charge is -2.13. The first-order valence-electron chi connectivity index (χ1n) is 12.8. The first kappa shape index (κ1) is 26.7. The van der Waals surface area contributed by atoms with E-state index in [0.29, 0.717) is 5.75 Å². The minimum atomic E-state index is -0.809. The number of carbonyl (C=O) groups excluding carboxylic acids is 1. The molecule has 0 aliphatic heterocycles. The number of carbonyl (C=O) groups is 1. The van der Waals surface area contributed by atoms with Crippen molar-refractivity contribution in [2.45, 2.75) is 32.6 Å². The van der Waals surface area contributed by atoms with Crippen molar-refractivity contribution < 1.29 is 24.8 Å². The number of hydrogen-bond donors (Lipinski definition) is 2. The van der Waals surface area contributed by atoms with Crippen molar-refractivity contribution in [1.82, 2.24) is 0 Å². The lowest BCUT2D eigenvalue weighted by Crippen LogP contribution is -2.12. The van der Waals surface area contributed by atoms with Crippen molar-refractivity contribution in [3.63, 3.8) is 0 Å². The van der Waals surface area contributed by atoms with E-state index in [1.54, 1.807) is 24.3 Å². The van der Waals surface area contributed by atoms with Gasteiger partial charge in [0.1, 0.15) is 5.75 Å². The molecule has 4 aromatic carbocycles. The van der Waals surface area contributed by atoms with Crippen LogP contribution in [0.15, 0.2) is 103 Å². The van der Waals surface area contributed by atoms with Crippen LogP contribution in [-0.2, 0) is 16.1 Å². The highest BCUT2D eigenvalue weighted by atomic mass is 17.2. The third kappa shape index (κ3) is 6.69. The zero-order valence-corrected chi connectivity index (χ0v) is 21.5. The van der Waals surface area contributed by atoms with E-state index in [-0.39, 0.29) is 11.3 Å². The van der Waals surface area contributed by atoms with Crippen molar-refractivity contribution in [1.29, 1.82) is 0 Å². The highest BCUT2D eigenvalue weighted by Gasteiger charge is 2.11. The molecule has 0 aliphatic carbocycles. The molecule has 4 rings (SSSR count). The first-order chi connectivity index (χ1) is 18.5. The van der Waals surface area contributed by atoms with Gasteiger partial charge in [-0.25, -0.2) is 9.68 Å². The van der Waals surface area contributed by atoms with Gasteiger partial charge in [-0.05, 0) is 76.1 Å². The monoisotopic (exact) mass is 508 g/mol. The fourth-order valence-electron chi connectivity index (χ4n) is 4.24. The molecule has 0 fully saturated rings. The summed E-state index contributed by atoms with van der Waals surface area (Å²) in [7, 11) is 0. The van der Waals surface area contributed by atoms with Gasteiger partial charge in [0, 0.05) is 0 Å². The Hall–Kier alpha value is -4.35. The van der Waals surface area contributed by atoms with Gasteiger partial charge in [0.2, 0.25) is 0 Å². The van der Waals surface area contributed by atoms with Gasteiger partial charge in [-0.15, -0.1) is 0 Å². The third-order valence-corrected chi connectivity index (χ3v) is 6.43. The van der Waals surface area contributed by atoms with Crippen LogP contribution in [0.3, 0.4) is 0 Å². The Morgan fingerprint density at radius 1 is 0.763 bits per heavy atom. The maximum Gasteiger partial charge on any atom is 0.383 e. The van der Waals surface area contributed by atoms with E-state index in [9.17, 15) is 9.90 Å². The summed E-state index contributed by atoms with van der Waals surface area (Å²) in [5.41, 5.74) is 7.90. The van der Waals surface area contributed by atoms with Crippen LogP contribution in [0.25, 0.3) is 33.4 Å². The molecule has 0 bridgehead atoms. The van der Waals surface area contributed by atoms with Gasteiger partial charge in [-0.3, -0.25) is 4.89 Å². The Bertz CT molecular complexity index is 1370. The van der Waals surface area contributed by atoms with Crippen LogP contribution in [0, 0.1) is 0 Å². The summed E-state index contributed by atoms with van der Waals surface area (Å²) in [6, 6.07) is 29.6. The number of unbranched alkanes of at least 4 members (excludes halogenated alkanes) is 2. The molecule has 2 N–H and O–H groups in total. The minimum absolute atomic E-state index is 0.0789. The average Bonchev–Trinajstić information content (AvgIpc) is 2.96. The topological polar surface area (TPSA) is 76.0 Å². The predicted molar refractivity (Wildman–Crippen MR) is 151 cm³/mol. The van der Waals surface area contributed by atoms with Crippen LogP contribution in [0.2, 0.25) is 0 Å². The van der Waals surface area contributed by atoms with Gasteiger partial charge >= 0.3 is 5.97 Å². The number of aliphatic hydroxyl groups excluding tert-OH is 1. The van der Waals surface area contributed by atoms with Crippen molar-refractivity contribution in [3.05, 3.63) is 109 Å². The summed E-state index contributed by atoms with van der Waals surface area (Å²) in [6.45, 7) is 5.12. The van der Waals surface area contributed by atoms with Crippen LogP contribution < -0.4 is 4.89 Å². The van der Waals surface area contributed by atoms with Gasteiger partial charge < -0.3 is 10.2 Å². The molecule has 0 spiro atoms. The van der Waals surface area contributed by atoms with Crippen molar-refractivity contribution in [3.8, 4) is 44.9 Å². The molecule has 0 heterocycles. The molecule has 4 aromatic rings. The molecule has 0 aromatic heterocycles. The van der Waals surface area contributed by atoms with Gasteiger partial charge in [0.25, 0.3) is 0 Å². The fraction of sp³-hybridized carbons (Fsp3) is 0.182. The molecular weight excluding hydrogens is 476 g/mol. The van der Waals surface area contributed by atoms with Crippen LogP contribution in [0.4, 0.5) is 0 Å². The van der Waals surface area contributed by atoms with Gasteiger partial charge in [-0.1, -0.05) is 93.1 Å². The Morgan fingerprint density at radius 2 is 1.32 bits per heavy atom. The van der Waals surface area contributed by atoms with Gasteiger partial charge in [0.15, 0.2) is 5.75 Å². The number of phenolic OH excluding ortho intramolecular Hbond substituents is 1. The standard InChI is InChI=1S/C33H32O5/c1-3-4-5-6-29-21-28(15-20-32(29)27-11-16-30(35)17-12-27)26-9-7-24(8-10-26)25-13-18-31(19-14-25)37-38-33(36)23(2)22-34/h7-21,34-35H,2-6,22H2,1H3. The van der Waals surface area contributed by atoms with Crippen LogP contribution >= 0.6 is 0 Å². The Kier molecular flexibility index (Phi) is 8.96. The summed E-state index contributed by atoms with van der Waals surface area (Å²) in [4.78, 5) is 21.2. The van der Waals surface area contributed by atoms with E-state index >= 15 is 0 Å². The zero-order chi connectivity index (χ0) is 26.9. The highest BCUT2D eigenvalue weighted by Crippen LogP contribution is 2.32. The highest BCUT2D eigenvalue weighted by molar-refractivity contribution is 5.87. The summed E-state index contributed by atoms with van der Waals surface area (Å²) >= 11 is 0. The quantitative estimate of drug-likeness (QED) is 0.0949. The van der Waals surface area contributed by atoms with E-state index in [1.807, 2.05) is 24.3 Å².